The van der Waals surface area contributed by atoms with E-state index in [1.165, 1.54) is 36.4 Å². The van der Waals surface area contributed by atoms with Crippen molar-refractivity contribution in [1.29, 1.82) is 5.26 Å². The molecule has 5 heteroatoms. The van der Waals surface area contributed by atoms with Gasteiger partial charge in [-0.15, -0.1) is 0 Å². The second-order valence-corrected chi connectivity index (χ2v) is 4.21. The molecule has 0 fully saturated rings. The minimum atomic E-state index is -1.19. The van der Waals surface area contributed by atoms with Crippen molar-refractivity contribution in [2.24, 2.45) is 0 Å². The zero-order valence-electron chi connectivity index (χ0n) is 9.52. The summed E-state index contributed by atoms with van der Waals surface area (Å²) in [5.74, 6) is -1.72. The second-order valence-electron chi connectivity index (χ2n) is 3.81. The van der Waals surface area contributed by atoms with E-state index in [2.05, 4.69) is 0 Å². The van der Waals surface area contributed by atoms with Crippen LogP contribution < -0.4 is 0 Å². The summed E-state index contributed by atoms with van der Waals surface area (Å²) in [6.07, 6.45) is 0. The first kappa shape index (κ1) is 13.1. The Labute approximate surface area is 113 Å². The van der Waals surface area contributed by atoms with E-state index in [9.17, 15) is 9.18 Å². The lowest BCUT2D eigenvalue weighted by molar-refractivity contribution is 0.0697. The monoisotopic (exact) mass is 275 g/mol. The first-order valence-electron chi connectivity index (χ1n) is 5.26. The van der Waals surface area contributed by atoms with Gasteiger partial charge >= 0.3 is 5.97 Å². The normalized spacial score (nSPS) is 9.95. The highest BCUT2D eigenvalue weighted by Gasteiger charge is 2.13. The summed E-state index contributed by atoms with van der Waals surface area (Å²) in [5.41, 5.74) is 0.707. The molecule has 0 aliphatic heterocycles. The van der Waals surface area contributed by atoms with E-state index in [4.69, 9.17) is 22.0 Å². The van der Waals surface area contributed by atoms with Crippen LogP contribution in [-0.4, -0.2) is 11.1 Å². The summed E-state index contributed by atoms with van der Waals surface area (Å²) in [6, 6.07) is 9.97. The highest BCUT2D eigenvalue weighted by molar-refractivity contribution is 6.33. The zero-order chi connectivity index (χ0) is 14.0. The molecule has 94 valence electrons. The lowest BCUT2D eigenvalue weighted by Crippen LogP contribution is -1.98. The van der Waals surface area contributed by atoms with Gasteiger partial charge in [-0.1, -0.05) is 17.7 Å². The standard InChI is InChI=1S/C14H7ClFNO2/c15-12-3-2-9(6-11(12)14(18)19)10-5-8(7-17)1-4-13(10)16/h1-6H,(H,18,19). The number of nitrogens with zero attached hydrogens (tertiary/aromatic N) is 1. The molecule has 2 aromatic rings. The summed E-state index contributed by atoms with van der Waals surface area (Å²) in [5, 5.41) is 17.9. The molecule has 2 aromatic carbocycles. The quantitative estimate of drug-likeness (QED) is 0.909. The molecule has 0 bridgehead atoms. The third kappa shape index (κ3) is 2.56. The first-order chi connectivity index (χ1) is 9.02. The average Bonchev–Trinajstić information content (AvgIpc) is 2.40. The number of carboxylic acid groups (broad SMARTS) is 1. The van der Waals surface area contributed by atoms with Crippen LogP contribution in [0.3, 0.4) is 0 Å². The second kappa shape index (κ2) is 5.09. The smallest absolute Gasteiger partial charge is 0.337 e. The van der Waals surface area contributed by atoms with Crippen LogP contribution in [-0.2, 0) is 0 Å². The number of nitriles is 1. The van der Waals surface area contributed by atoms with Gasteiger partial charge in [0.15, 0.2) is 0 Å². The molecule has 0 aliphatic carbocycles. The zero-order valence-corrected chi connectivity index (χ0v) is 10.3. The van der Waals surface area contributed by atoms with E-state index < -0.39 is 11.8 Å². The molecular formula is C14H7ClFNO2. The van der Waals surface area contributed by atoms with E-state index in [1.807, 2.05) is 6.07 Å². The molecule has 0 amide bonds. The highest BCUT2D eigenvalue weighted by atomic mass is 35.5. The van der Waals surface area contributed by atoms with Gasteiger partial charge in [-0.05, 0) is 35.9 Å². The van der Waals surface area contributed by atoms with Crippen molar-refractivity contribution in [3.63, 3.8) is 0 Å². The number of rotatable bonds is 2. The molecule has 0 aromatic heterocycles. The summed E-state index contributed by atoms with van der Waals surface area (Å²) in [4.78, 5) is 11.0. The van der Waals surface area contributed by atoms with Crippen LogP contribution in [0.1, 0.15) is 15.9 Å². The van der Waals surface area contributed by atoms with Crippen LogP contribution >= 0.6 is 11.6 Å². The van der Waals surface area contributed by atoms with Gasteiger partial charge < -0.3 is 5.11 Å². The Kier molecular flexibility index (Phi) is 3.50. The fourth-order valence-electron chi connectivity index (χ4n) is 1.67. The van der Waals surface area contributed by atoms with Crippen molar-refractivity contribution in [3.8, 4) is 17.2 Å². The van der Waals surface area contributed by atoms with Crippen LogP contribution in [0.15, 0.2) is 36.4 Å². The number of carboxylic acids is 1. The Bertz CT molecular complexity index is 707. The van der Waals surface area contributed by atoms with Crippen molar-refractivity contribution in [3.05, 3.63) is 58.4 Å². The highest BCUT2D eigenvalue weighted by Crippen LogP contribution is 2.28. The number of halogens is 2. The van der Waals surface area contributed by atoms with Gasteiger partial charge in [-0.25, -0.2) is 9.18 Å². The molecule has 0 spiro atoms. The molecule has 0 saturated heterocycles. The molecule has 3 nitrogen and oxygen atoms in total. The maximum absolute atomic E-state index is 13.7. The molecule has 0 heterocycles. The fourth-order valence-corrected chi connectivity index (χ4v) is 1.87. The summed E-state index contributed by atoms with van der Waals surface area (Å²) < 4.78 is 13.7. The van der Waals surface area contributed by atoms with Crippen molar-refractivity contribution >= 4 is 17.6 Å². The van der Waals surface area contributed by atoms with Crippen molar-refractivity contribution in [2.45, 2.75) is 0 Å². The van der Waals surface area contributed by atoms with Gasteiger partial charge in [0, 0.05) is 5.56 Å². The van der Waals surface area contributed by atoms with Gasteiger partial charge in [0.1, 0.15) is 5.82 Å². The predicted octanol–water partition coefficient (Wildman–Crippen LogP) is 3.72. The van der Waals surface area contributed by atoms with E-state index in [0.717, 1.165) is 0 Å². The van der Waals surface area contributed by atoms with E-state index in [-0.39, 0.29) is 16.1 Å². The van der Waals surface area contributed by atoms with Gasteiger partial charge in [0.05, 0.1) is 22.2 Å². The fraction of sp³-hybridized carbons (Fsp3) is 0. The van der Waals surface area contributed by atoms with E-state index in [1.54, 1.807) is 0 Å². The Morgan fingerprint density at radius 3 is 2.63 bits per heavy atom. The number of benzene rings is 2. The maximum atomic E-state index is 13.7. The lowest BCUT2D eigenvalue weighted by atomic mass is 10.0. The molecule has 1 N–H and O–H groups in total. The van der Waals surface area contributed by atoms with E-state index in [0.29, 0.717) is 11.1 Å². The van der Waals surface area contributed by atoms with Crippen LogP contribution in [0, 0.1) is 17.1 Å². The topological polar surface area (TPSA) is 61.1 Å². The van der Waals surface area contributed by atoms with Crippen LogP contribution in [0.25, 0.3) is 11.1 Å². The van der Waals surface area contributed by atoms with Crippen LogP contribution in [0.5, 0.6) is 0 Å². The van der Waals surface area contributed by atoms with Gasteiger partial charge in [0.25, 0.3) is 0 Å². The van der Waals surface area contributed by atoms with Crippen molar-refractivity contribution in [1.82, 2.24) is 0 Å². The molecule has 19 heavy (non-hydrogen) atoms. The van der Waals surface area contributed by atoms with Crippen LogP contribution in [0.2, 0.25) is 5.02 Å². The average molecular weight is 276 g/mol. The Balaban J connectivity index is 2.63. The van der Waals surface area contributed by atoms with E-state index >= 15 is 0 Å². The van der Waals surface area contributed by atoms with Gasteiger partial charge in [-0.3, -0.25) is 0 Å². The van der Waals surface area contributed by atoms with Crippen molar-refractivity contribution in [2.75, 3.05) is 0 Å². The number of aromatic carboxylic acids is 1. The molecular weight excluding hydrogens is 269 g/mol. The third-order valence-corrected chi connectivity index (χ3v) is 2.93. The summed E-state index contributed by atoms with van der Waals surface area (Å²) >= 11 is 5.75. The van der Waals surface area contributed by atoms with Crippen molar-refractivity contribution < 1.29 is 14.3 Å². The molecule has 2 rings (SSSR count). The summed E-state index contributed by atoms with van der Waals surface area (Å²) in [6.45, 7) is 0. The number of hydrogen-bond acceptors (Lipinski definition) is 2. The van der Waals surface area contributed by atoms with Gasteiger partial charge in [-0.2, -0.15) is 5.26 Å². The third-order valence-electron chi connectivity index (χ3n) is 2.60. The van der Waals surface area contributed by atoms with Gasteiger partial charge in [0.2, 0.25) is 0 Å². The molecule has 0 atom stereocenters. The SMILES string of the molecule is N#Cc1ccc(F)c(-c2ccc(Cl)c(C(=O)O)c2)c1. The number of carbonyl (C=O) groups is 1. The predicted molar refractivity (Wildman–Crippen MR) is 68.5 cm³/mol. The largest absolute Gasteiger partial charge is 0.478 e. The summed E-state index contributed by atoms with van der Waals surface area (Å²) in [7, 11) is 0. The molecule has 0 unspecified atom stereocenters. The molecule has 0 saturated carbocycles. The Morgan fingerprint density at radius 1 is 1.26 bits per heavy atom. The molecule has 0 aliphatic rings. The minimum Gasteiger partial charge on any atom is -0.478 e. The number of hydrogen-bond donors (Lipinski definition) is 1. The van der Waals surface area contributed by atoms with Crippen LogP contribution in [0.4, 0.5) is 4.39 Å². The molecule has 0 radical (unpaired) electrons. The minimum absolute atomic E-state index is 0.0769. The Hall–Kier alpha value is -2.38. The first-order valence-corrected chi connectivity index (χ1v) is 5.63. The maximum Gasteiger partial charge on any atom is 0.337 e. The Morgan fingerprint density at radius 2 is 2.00 bits per heavy atom. The lowest BCUT2D eigenvalue weighted by Gasteiger charge is -2.06.